The summed E-state index contributed by atoms with van der Waals surface area (Å²) < 4.78 is 1.81. The van der Waals surface area contributed by atoms with Crippen molar-refractivity contribution in [1.29, 1.82) is 0 Å². The second-order valence-electron chi connectivity index (χ2n) is 3.32. The van der Waals surface area contributed by atoms with E-state index in [0.29, 0.717) is 12.6 Å². The van der Waals surface area contributed by atoms with Gasteiger partial charge in [-0.05, 0) is 32.7 Å². The second-order valence-corrected chi connectivity index (χ2v) is 3.32. The van der Waals surface area contributed by atoms with Crippen LogP contribution in [0.2, 0.25) is 0 Å². The largest absolute Gasteiger partial charge is 0.330 e. The molecule has 2 N–H and O–H groups in total. The summed E-state index contributed by atoms with van der Waals surface area (Å²) in [7, 11) is 0. The summed E-state index contributed by atoms with van der Waals surface area (Å²) >= 11 is 0. The first-order valence-electron chi connectivity index (χ1n) is 4.84. The lowest BCUT2D eigenvalue weighted by atomic mass is 10.3. The van der Waals surface area contributed by atoms with Gasteiger partial charge in [0.2, 0.25) is 5.82 Å². The van der Waals surface area contributed by atoms with Crippen molar-refractivity contribution >= 4 is 0 Å². The van der Waals surface area contributed by atoms with Crippen molar-refractivity contribution in [1.82, 2.24) is 14.8 Å². The molecule has 0 amide bonds. The lowest BCUT2D eigenvalue weighted by molar-refractivity contribution is 0.525. The molecule has 0 aliphatic carbocycles. The topological polar surface area (TPSA) is 56.7 Å². The van der Waals surface area contributed by atoms with E-state index >= 15 is 0 Å². The first kappa shape index (κ1) is 10.7. The summed E-state index contributed by atoms with van der Waals surface area (Å²) in [5, 5.41) is 4.09. The highest BCUT2D eigenvalue weighted by Gasteiger charge is 2.03. The van der Waals surface area contributed by atoms with E-state index < -0.39 is 0 Å². The summed E-state index contributed by atoms with van der Waals surface area (Å²) in [4.78, 5) is 4.08. The molecule has 4 heteroatoms. The van der Waals surface area contributed by atoms with Crippen molar-refractivity contribution in [2.75, 3.05) is 6.54 Å². The van der Waals surface area contributed by atoms with E-state index in [2.05, 4.69) is 35.8 Å². The van der Waals surface area contributed by atoms with Crippen molar-refractivity contribution in [3.63, 3.8) is 0 Å². The Morgan fingerprint density at radius 3 is 3.00 bits per heavy atom. The molecule has 0 aromatic carbocycles. The smallest absolute Gasteiger partial charge is 0.203 e. The molecule has 0 unspecified atom stereocenters. The minimum absolute atomic E-state index is 0.302. The number of unbranched alkanes of at least 4 members (excludes halogenated alkanes) is 1. The van der Waals surface area contributed by atoms with Gasteiger partial charge in [-0.2, -0.15) is 5.10 Å². The van der Waals surface area contributed by atoms with Crippen LogP contribution in [0.5, 0.6) is 0 Å². The maximum absolute atomic E-state index is 5.37. The van der Waals surface area contributed by atoms with E-state index in [9.17, 15) is 0 Å². The Labute approximate surface area is 84.5 Å². The molecule has 0 bridgehead atoms. The third kappa shape index (κ3) is 2.86. The molecule has 0 aliphatic heterocycles. The molecule has 14 heavy (non-hydrogen) atoms. The minimum Gasteiger partial charge on any atom is -0.330 e. The van der Waals surface area contributed by atoms with Crippen molar-refractivity contribution < 1.29 is 0 Å². The molecule has 1 aromatic rings. The number of hydrogen-bond acceptors (Lipinski definition) is 3. The third-order valence-corrected chi connectivity index (χ3v) is 1.77. The Morgan fingerprint density at radius 1 is 1.57 bits per heavy atom. The zero-order valence-electron chi connectivity index (χ0n) is 8.70. The van der Waals surface area contributed by atoms with Crippen molar-refractivity contribution in [3.05, 3.63) is 12.2 Å². The van der Waals surface area contributed by atoms with Gasteiger partial charge >= 0.3 is 0 Å². The van der Waals surface area contributed by atoms with Gasteiger partial charge < -0.3 is 5.73 Å². The zero-order chi connectivity index (χ0) is 10.4. The van der Waals surface area contributed by atoms with Crippen LogP contribution in [-0.4, -0.2) is 21.3 Å². The Hall–Kier alpha value is -1.34. The fourth-order valence-corrected chi connectivity index (χ4v) is 1.05. The maximum Gasteiger partial charge on any atom is 0.203 e. The molecule has 0 saturated carbocycles. The van der Waals surface area contributed by atoms with Crippen LogP contribution in [-0.2, 0) is 0 Å². The van der Waals surface area contributed by atoms with Gasteiger partial charge in [-0.1, -0.05) is 5.92 Å². The number of rotatable bonds is 3. The molecular weight excluding hydrogens is 176 g/mol. The van der Waals surface area contributed by atoms with E-state index in [0.717, 1.165) is 18.7 Å². The third-order valence-electron chi connectivity index (χ3n) is 1.77. The maximum atomic E-state index is 5.37. The fourth-order valence-electron chi connectivity index (χ4n) is 1.05. The van der Waals surface area contributed by atoms with Gasteiger partial charge in [-0.25, -0.2) is 9.67 Å². The Bertz CT molecular complexity index is 329. The summed E-state index contributed by atoms with van der Waals surface area (Å²) in [5.41, 5.74) is 5.37. The number of aromatic nitrogens is 3. The molecular formula is C10H16N4. The van der Waals surface area contributed by atoms with Gasteiger partial charge in [-0.15, -0.1) is 0 Å². The predicted octanol–water partition coefficient (Wildman–Crippen LogP) is 0.949. The molecule has 0 saturated heterocycles. The molecule has 76 valence electrons. The SMILES string of the molecule is CC(C)n1ncnc1C#CCCCN. The van der Waals surface area contributed by atoms with Crippen LogP contribution in [0.25, 0.3) is 0 Å². The predicted molar refractivity (Wildman–Crippen MR) is 55.6 cm³/mol. The summed E-state index contributed by atoms with van der Waals surface area (Å²) in [5.74, 6) is 6.76. The van der Waals surface area contributed by atoms with Crippen LogP contribution in [0.1, 0.15) is 38.6 Å². The molecule has 1 heterocycles. The van der Waals surface area contributed by atoms with E-state index in [-0.39, 0.29) is 0 Å². The van der Waals surface area contributed by atoms with E-state index in [1.807, 2.05) is 4.68 Å². The van der Waals surface area contributed by atoms with Crippen LogP contribution < -0.4 is 5.73 Å². The molecule has 0 fully saturated rings. The average Bonchev–Trinajstić information content (AvgIpc) is 2.60. The normalized spacial score (nSPS) is 10.0. The van der Waals surface area contributed by atoms with Gasteiger partial charge in [0.1, 0.15) is 6.33 Å². The highest BCUT2D eigenvalue weighted by Crippen LogP contribution is 2.03. The quantitative estimate of drug-likeness (QED) is 0.573. The van der Waals surface area contributed by atoms with Crippen LogP contribution in [0.4, 0.5) is 0 Å². The van der Waals surface area contributed by atoms with Crippen molar-refractivity contribution in [2.24, 2.45) is 5.73 Å². The van der Waals surface area contributed by atoms with Crippen LogP contribution in [0.15, 0.2) is 6.33 Å². The highest BCUT2D eigenvalue weighted by molar-refractivity contribution is 5.20. The molecule has 0 radical (unpaired) electrons. The molecule has 0 spiro atoms. The summed E-state index contributed by atoms with van der Waals surface area (Å²) in [6.45, 7) is 4.80. The lowest BCUT2D eigenvalue weighted by Crippen LogP contribution is -2.05. The van der Waals surface area contributed by atoms with Gasteiger partial charge in [0, 0.05) is 12.5 Å². The monoisotopic (exact) mass is 192 g/mol. The molecule has 1 aromatic heterocycles. The molecule has 0 atom stereocenters. The fraction of sp³-hybridized carbons (Fsp3) is 0.600. The van der Waals surface area contributed by atoms with E-state index in [1.54, 1.807) is 0 Å². The molecule has 1 rings (SSSR count). The van der Waals surface area contributed by atoms with E-state index in [1.165, 1.54) is 6.33 Å². The average molecular weight is 192 g/mol. The van der Waals surface area contributed by atoms with Gasteiger partial charge in [-0.3, -0.25) is 0 Å². The number of hydrogen-bond donors (Lipinski definition) is 1. The van der Waals surface area contributed by atoms with Crippen molar-refractivity contribution in [3.8, 4) is 11.8 Å². The van der Waals surface area contributed by atoms with Gasteiger partial charge in [0.05, 0.1) is 0 Å². The van der Waals surface area contributed by atoms with Gasteiger partial charge in [0.15, 0.2) is 0 Å². The zero-order valence-corrected chi connectivity index (χ0v) is 8.70. The Balaban J connectivity index is 2.64. The summed E-state index contributed by atoms with van der Waals surface area (Å²) in [6, 6.07) is 0.302. The van der Waals surface area contributed by atoms with Crippen LogP contribution >= 0.6 is 0 Å². The van der Waals surface area contributed by atoms with Crippen LogP contribution in [0.3, 0.4) is 0 Å². The van der Waals surface area contributed by atoms with Gasteiger partial charge in [0.25, 0.3) is 0 Å². The van der Waals surface area contributed by atoms with Crippen molar-refractivity contribution in [2.45, 2.75) is 32.7 Å². The summed E-state index contributed by atoms with van der Waals surface area (Å²) in [6.07, 6.45) is 3.29. The molecule has 0 aliphatic rings. The first-order valence-corrected chi connectivity index (χ1v) is 4.84. The number of nitrogens with two attached hydrogens (primary N) is 1. The number of nitrogens with zero attached hydrogens (tertiary/aromatic N) is 3. The molecule has 4 nitrogen and oxygen atoms in total. The minimum atomic E-state index is 0.302. The standard InChI is InChI=1S/C10H16N4/c1-9(2)14-10(12-8-13-14)6-4-3-5-7-11/h8-9H,3,5,7,11H2,1-2H3. The lowest BCUT2D eigenvalue weighted by Gasteiger charge is -2.04. The Morgan fingerprint density at radius 2 is 2.36 bits per heavy atom. The first-order chi connectivity index (χ1) is 6.75. The highest BCUT2D eigenvalue weighted by atomic mass is 15.3. The second kappa shape index (κ2) is 5.40. The van der Waals surface area contributed by atoms with Crippen LogP contribution in [0, 0.1) is 11.8 Å². The Kier molecular flexibility index (Phi) is 4.14. The van der Waals surface area contributed by atoms with E-state index in [4.69, 9.17) is 5.73 Å².